The molecule has 0 heterocycles. The number of benzene rings is 2. The summed E-state index contributed by atoms with van der Waals surface area (Å²) in [6.07, 6.45) is 0. The Balaban J connectivity index is 2.02. The van der Waals surface area contributed by atoms with E-state index in [2.05, 4.69) is 0 Å². The fourth-order valence-electron chi connectivity index (χ4n) is 1.52. The zero-order valence-electron chi connectivity index (χ0n) is 10.7. The number of thioether (sulfide) groups is 2. The normalized spacial score (nSPS) is 10.2. The molecule has 0 aliphatic rings. The molecule has 2 aromatic rings. The molecule has 2 rings (SSSR count). The summed E-state index contributed by atoms with van der Waals surface area (Å²) in [7, 11) is 0. The van der Waals surface area contributed by atoms with E-state index in [0.717, 1.165) is 25.2 Å². The fraction of sp³-hybridized carbons (Fsp3) is 0.0667. The van der Waals surface area contributed by atoms with Gasteiger partial charge in [-0.15, -0.1) is 0 Å². The van der Waals surface area contributed by atoms with Gasteiger partial charge in [-0.25, -0.2) is 0 Å². The van der Waals surface area contributed by atoms with Crippen molar-refractivity contribution in [2.75, 3.05) is 0 Å². The SMILES string of the molecule is CC(=O)Sc1ccc(Sc2ccc(SC=O)cc2)cc1. The van der Waals surface area contributed by atoms with Gasteiger partial charge in [0.25, 0.3) is 0 Å². The summed E-state index contributed by atoms with van der Waals surface area (Å²) in [6, 6.07) is 15.8. The van der Waals surface area contributed by atoms with E-state index in [-0.39, 0.29) is 5.12 Å². The molecular formula is C15H12O2S3. The Kier molecular flexibility index (Phi) is 5.76. The topological polar surface area (TPSA) is 34.1 Å². The third-order valence-electron chi connectivity index (χ3n) is 2.33. The van der Waals surface area contributed by atoms with Crippen molar-refractivity contribution in [3.05, 3.63) is 48.5 Å². The van der Waals surface area contributed by atoms with Crippen molar-refractivity contribution in [3.63, 3.8) is 0 Å². The maximum atomic E-state index is 11.0. The molecule has 0 N–H and O–H groups in total. The van der Waals surface area contributed by atoms with E-state index in [9.17, 15) is 9.59 Å². The monoisotopic (exact) mass is 320 g/mol. The van der Waals surface area contributed by atoms with Gasteiger partial charge in [0.1, 0.15) is 0 Å². The Bertz CT molecular complexity index is 592. The van der Waals surface area contributed by atoms with Crippen LogP contribution in [0.3, 0.4) is 0 Å². The summed E-state index contributed by atoms with van der Waals surface area (Å²) in [5, 5.41) is 0.0914. The van der Waals surface area contributed by atoms with Crippen LogP contribution in [0.5, 0.6) is 0 Å². The van der Waals surface area contributed by atoms with Crippen LogP contribution in [-0.4, -0.2) is 10.7 Å². The van der Waals surface area contributed by atoms with Crippen molar-refractivity contribution in [2.45, 2.75) is 26.5 Å². The molecule has 0 unspecified atom stereocenters. The summed E-state index contributed by atoms with van der Waals surface area (Å²) < 4.78 is 0. The lowest BCUT2D eigenvalue weighted by Crippen LogP contribution is -1.81. The van der Waals surface area contributed by atoms with Gasteiger partial charge in [0.2, 0.25) is 0 Å². The van der Waals surface area contributed by atoms with Crippen LogP contribution in [0.1, 0.15) is 6.92 Å². The molecule has 0 amide bonds. The first-order chi connectivity index (χ1) is 9.67. The molecule has 20 heavy (non-hydrogen) atoms. The number of hydrogen-bond donors (Lipinski definition) is 0. The molecule has 2 nitrogen and oxygen atoms in total. The molecule has 0 saturated heterocycles. The van der Waals surface area contributed by atoms with Crippen LogP contribution in [0.25, 0.3) is 0 Å². The first-order valence-corrected chi connectivity index (χ1v) is 8.35. The highest BCUT2D eigenvalue weighted by Gasteiger charge is 2.01. The first-order valence-electron chi connectivity index (χ1n) is 5.84. The second-order valence-electron chi connectivity index (χ2n) is 3.85. The maximum absolute atomic E-state index is 11.0. The Morgan fingerprint density at radius 3 is 1.75 bits per heavy atom. The molecular weight excluding hydrogens is 308 g/mol. The third kappa shape index (κ3) is 4.74. The number of hydrogen-bond acceptors (Lipinski definition) is 5. The summed E-state index contributed by atoms with van der Waals surface area (Å²) in [5.41, 5.74) is 0.827. The van der Waals surface area contributed by atoms with Crippen LogP contribution in [-0.2, 0) is 9.59 Å². The molecule has 102 valence electrons. The predicted octanol–water partition coefficient (Wildman–Crippen LogP) is 4.76. The van der Waals surface area contributed by atoms with E-state index >= 15 is 0 Å². The van der Waals surface area contributed by atoms with E-state index in [1.165, 1.54) is 23.5 Å². The summed E-state index contributed by atoms with van der Waals surface area (Å²) in [4.78, 5) is 25.5. The average molecular weight is 320 g/mol. The van der Waals surface area contributed by atoms with Crippen LogP contribution in [0, 0.1) is 0 Å². The summed E-state index contributed by atoms with van der Waals surface area (Å²) >= 11 is 4.06. The molecule has 0 bridgehead atoms. The average Bonchev–Trinajstić information content (AvgIpc) is 2.43. The van der Waals surface area contributed by atoms with Gasteiger partial charge in [0.15, 0.2) is 10.7 Å². The first kappa shape index (κ1) is 15.2. The number of rotatable bonds is 5. The predicted molar refractivity (Wildman–Crippen MR) is 86.2 cm³/mol. The zero-order valence-corrected chi connectivity index (χ0v) is 13.2. The number of carbonyl (C=O) groups excluding carboxylic acids is 2. The van der Waals surface area contributed by atoms with E-state index in [4.69, 9.17) is 0 Å². The third-order valence-corrected chi connectivity index (χ3v) is 4.78. The Morgan fingerprint density at radius 2 is 1.30 bits per heavy atom. The van der Waals surface area contributed by atoms with E-state index in [0.29, 0.717) is 0 Å². The molecule has 0 aliphatic heterocycles. The van der Waals surface area contributed by atoms with Gasteiger partial charge in [-0.1, -0.05) is 35.3 Å². The molecule has 2 aromatic carbocycles. The fourth-order valence-corrected chi connectivity index (χ4v) is 3.34. The zero-order chi connectivity index (χ0) is 14.4. The van der Waals surface area contributed by atoms with Gasteiger partial charge >= 0.3 is 0 Å². The van der Waals surface area contributed by atoms with Gasteiger partial charge in [0, 0.05) is 26.5 Å². The lowest BCUT2D eigenvalue weighted by atomic mass is 10.4. The molecule has 0 saturated carbocycles. The Labute approximate surface area is 130 Å². The van der Waals surface area contributed by atoms with Crippen molar-refractivity contribution < 1.29 is 9.59 Å². The second kappa shape index (κ2) is 7.57. The van der Waals surface area contributed by atoms with E-state index in [1.54, 1.807) is 18.7 Å². The lowest BCUT2D eigenvalue weighted by molar-refractivity contribution is -0.109. The van der Waals surface area contributed by atoms with Crippen LogP contribution < -0.4 is 0 Å². The Hall–Kier alpha value is -1.17. The highest BCUT2D eigenvalue weighted by molar-refractivity contribution is 8.13. The van der Waals surface area contributed by atoms with Gasteiger partial charge in [0.05, 0.1) is 0 Å². The molecule has 0 fully saturated rings. The second-order valence-corrected chi connectivity index (χ2v) is 7.15. The smallest absolute Gasteiger partial charge is 0.190 e. The van der Waals surface area contributed by atoms with Crippen molar-refractivity contribution >= 4 is 46.0 Å². The largest absolute Gasteiger partial charge is 0.291 e. The van der Waals surface area contributed by atoms with Crippen molar-refractivity contribution in [1.82, 2.24) is 0 Å². The highest BCUT2D eigenvalue weighted by atomic mass is 32.2. The molecule has 0 aromatic heterocycles. The maximum Gasteiger partial charge on any atom is 0.190 e. The van der Waals surface area contributed by atoms with Crippen molar-refractivity contribution in [2.24, 2.45) is 0 Å². The number of carbonyl (C=O) groups is 2. The van der Waals surface area contributed by atoms with Gasteiger partial charge in [-0.05, 0) is 48.5 Å². The molecule has 0 radical (unpaired) electrons. The van der Waals surface area contributed by atoms with Crippen LogP contribution in [0.2, 0.25) is 0 Å². The van der Waals surface area contributed by atoms with E-state index in [1.807, 2.05) is 48.5 Å². The Morgan fingerprint density at radius 1 is 0.850 bits per heavy atom. The lowest BCUT2D eigenvalue weighted by Gasteiger charge is -2.03. The molecule has 5 heteroatoms. The minimum atomic E-state index is 0.0914. The van der Waals surface area contributed by atoms with Gasteiger partial charge in [-0.2, -0.15) is 0 Å². The quantitative estimate of drug-likeness (QED) is 0.586. The molecule has 0 atom stereocenters. The molecule has 0 spiro atoms. The summed E-state index contributed by atoms with van der Waals surface area (Å²) in [6.45, 7) is 1.56. The van der Waals surface area contributed by atoms with Crippen LogP contribution in [0.4, 0.5) is 0 Å². The standard InChI is InChI=1S/C15H12O2S3/c1-11(17)19-13-6-8-15(9-7-13)20-14-4-2-12(3-5-14)18-10-16/h2-10H,1H3. The van der Waals surface area contributed by atoms with Crippen molar-refractivity contribution in [1.29, 1.82) is 0 Å². The van der Waals surface area contributed by atoms with Gasteiger partial charge < -0.3 is 0 Å². The summed E-state index contributed by atoms with van der Waals surface area (Å²) in [5.74, 6) is 0. The van der Waals surface area contributed by atoms with Crippen molar-refractivity contribution in [3.8, 4) is 0 Å². The highest BCUT2D eigenvalue weighted by Crippen LogP contribution is 2.30. The van der Waals surface area contributed by atoms with Crippen LogP contribution in [0.15, 0.2) is 68.1 Å². The minimum Gasteiger partial charge on any atom is -0.291 e. The van der Waals surface area contributed by atoms with Gasteiger partial charge in [-0.3, -0.25) is 9.59 Å². The molecule has 0 aliphatic carbocycles. The van der Waals surface area contributed by atoms with E-state index < -0.39 is 0 Å². The minimum absolute atomic E-state index is 0.0914. The van der Waals surface area contributed by atoms with Crippen LogP contribution >= 0.6 is 35.3 Å².